The fourth-order valence-electron chi connectivity index (χ4n) is 2.77. The Morgan fingerprint density at radius 2 is 2.00 bits per heavy atom. The van der Waals surface area contributed by atoms with E-state index in [9.17, 15) is 5.26 Å². The number of hydrogen-bond acceptors (Lipinski definition) is 5. The number of aryl methyl sites for hydroxylation is 1. The molecular weight excluding hydrogens is 276 g/mol. The smallest absolute Gasteiger partial charge is 0.150 e. The number of H-pyrrole nitrogens is 1. The SMILES string of the molecule is CCc1n[nH]c(CN2CCN(c3ccccc3C#N)CC2)n1. The third kappa shape index (κ3) is 3.10. The van der Waals surface area contributed by atoms with E-state index in [1.54, 1.807) is 0 Å². The number of nitriles is 1. The van der Waals surface area contributed by atoms with Gasteiger partial charge in [-0.25, -0.2) is 4.98 Å². The van der Waals surface area contributed by atoms with Crippen molar-refractivity contribution in [2.45, 2.75) is 19.9 Å². The molecule has 0 atom stereocenters. The van der Waals surface area contributed by atoms with Gasteiger partial charge >= 0.3 is 0 Å². The Bertz CT molecular complexity index is 663. The van der Waals surface area contributed by atoms with Crippen LogP contribution in [0.15, 0.2) is 24.3 Å². The summed E-state index contributed by atoms with van der Waals surface area (Å²) < 4.78 is 0. The molecule has 114 valence electrons. The van der Waals surface area contributed by atoms with Gasteiger partial charge in [0.25, 0.3) is 0 Å². The maximum absolute atomic E-state index is 9.22. The number of piperazine rings is 1. The molecule has 1 aliphatic rings. The molecule has 1 aliphatic heterocycles. The van der Waals surface area contributed by atoms with Gasteiger partial charge in [-0.3, -0.25) is 10.00 Å². The van der Waals surface area contributed by atoms with Gasteiger partial charge in [-0.2, -0.15) is 10.4 Å². The molecule has 0 aliphatic carbocycles. The molecule has 1 aromatic carbocycles. The minimum absolute atomic E-state index is 0.749. The summed E-state index contributed by atoms with van der Waals surface area (Å²) in [6.07, 6.45) is 0.856. The standard InChI is InChI=1S/C16H20N6/c1-2-15-18-16(20-19-15)12-21-7-9-22(10-8-21)14-6-4-3-5-13(14)11-17/h3-6H,2,7-10,12H2,1H3,(H,18,19,20). The van der Waals surface area contributed by atoms with Gasteiger partial charge in [0.1, 0.15) is 17.7 Å². The molecule has 0 spiro atoms. The third-order valence-corrected chi connectivity index (χ3v) is 4.01. The summed E-state index contributed by atoms with van der Waals surface area (Å²) in [5.41, 5.74) is 1.79. The molecule has 0 unspecified atom stereocenters. The zero-order chi connectivity index (χ0) is 15.4. The summed E-state index contributed by atoms with van der Waals surface area (Å²) in [4.78, 5) is 9.11. The Hall–Kier alpha value is -2.39. The normalized spacial score (nSPS) is 15.7. The first kappa shape index (κ1) is 14.5. The van der Waals surface area contributed by atoms with Gasteiger partial charge in [-0.1, -0.05) is 19.1 Å². The van der Waals surface area contributed by atoms with Crippen LogP contribution < -0.4 is 4.90 Å². The number of aromatic amines is 1. The highest BCUT2D eigenvalue weighted by atomic mass is 15.3. The van der Waals surface area contributed by atoms with Crippen molar-refractivity contribution in [3.8, 4) is 6.07 Å². The average molecular weight is 296 g/mol. The Balaban J connectivity index is 1.59. The van der Waals surface area contributed by atoms with Crippen molar-refractivity contribution >= 4 is 5.69 Å². The maximum atomic E-state index is 9.22. The van der Waals surface area contributed by atoms with Crippen LogP contribution in [0, 0.1) is 11.3 Å². The van der Waals surface area contributed by atoms with Crippen LogP contribution in [0.2, 0.25) is 0 Å². The number of hydrogen-bond donors (Lipinski definition) is 1. The molecule has 1 N–H and O–H groups in total. The van der Waals surface area contributed by atoms with Gasteiger partial charge in [0.15, 0.2) is 0 Å². The van der Waals surface area contributed by atoms with Crippen LogP contribution in [-0.4, -0.2) is 46.3 Å². The van der Waals surface area contributed by atoms with Gasteiger partial charge in [-0.05, 0) is 12.1 Å². The lowest BCUT2D eigenvalue weighted by Gasteiger charge is -2.36. The van der Waals surface area contributed by atoms with Crippen LogP contribution in [0.3, 0.4) is 0 Å². The van der Waals surface area contributed by atoms with Crippen LogP contribution in [0.25, 0.3) is 0 Å². The van der Waals surface area contributed by atoms with E-state index in [0.717, 1.165) is 62.0 Å². The first-order valence-corrected chi connectivity index (χ1v) is 7.66. The van der Waals surface area contributed by atoms with Crippen LogP contribution in [-0.2, 0) is 13.0 Å². The number of nitrogens with zero attached hydrogens (tertiary/aromatic N) is 5. The van der Waals surface area contributed by atoms with Crippen molar-refractivity contribution in [2.24, 2.45) is 0 Å². The highest BCUT2D eigenvalue weighted by Crippen LogP contribution is 2.21. The average Bonchev–Trinajstić information content (AvgIpc) is 3.03. The molecule has 2 heterocycles. The van der Waals surface area contributed by atoms with E-state index in [4.69, 9.17) is 0 Å². The lowest BCUT2D eigenvalue weighted by Crippen LogP contribution is -2.46. The summed E-state index contributed by atoms with van der Waals surface area (Å²) in [5.74, 6) is 1.80. The van der Waals surface area contributed by atoms with E-state index in [-0.39, 0.29) is 0 Å². The number of nitrogens with one attached hydrogen (secondary N) is 1. The maximum Gasteiger partial charge on any atom is 0.150 e. The quantitative estimate of drug-likeness (QED) is 0.927. The topological polar surface area (TPSA) is 71.8 Å². The number of benzene rings is 1. The van der Waals surface area contributed by atoms with Crippen molar-refractivity contribution < 1.29 is 0 Å². The largest absolute Gasteiger partial charge is 0.368 e. The zero-order valence-electron chi connectivity index (χ0n) is 12.8. The molecule has 0 saturated carbocycles. The fraction of sp³-hybridized carbons (Fsp3) is 0.438. The number of aromatic nitrogens is 3. The van der Waals surface area contributed by atoms with Crippen LogP contribution >= 0.6 is 0 Å². The van der Waals surface area contributed by atoms with Crippen molar-refractivity contribution in [1.82, 2.24) is 20.1 Å². The second kappa shape index (κ2) is 6.58. The highest BCUT2D eigenvalue weighted by Gasteiger charge is 2.20. The Morgan fingerprint density at radius 1 is 1.23 bits per heavy atom. The first-order chi connectivity index (χ1) is 10.8. The van der Waals surface area contributed by atoms with E-state index in [1.165, 1.54) is 0 Å². The monoisotopic (exact) mass is 296 g/mol. The molecule has 6 nitrogen and oxygen atoms in total. The summed E-state index contributed by atoms with van der Waals surface area (Å²) in [6.45, 7) is 6.63. The van der Waals surface area contributed by atoms with Crippen molar-refractivity contribution in [2.75, 3.05) is 31.1 Å². The molecule has 0 bridgehead atoms. The number of anilines is 1. The fourth-order valence-corrected chi connectivity index (χ4v) is 2.77. The van der Waals surface area contributed by atoms with E-state index in [1.807, 2.05) is 24.3 Å². The van der Waals surface area contributed by atoms with Crippen LogP contribution in [0.1, 0.15) is 24.1 Å². The summed E-state index contributed by atoms with van der Waals surface area (Å²) in [7, 11) is 0. The summed E-state index contributed by atoms with van der Waals surface area (Å²) in [5, 5.41) is 16.4. The molecule has 0 radical (unpaired) electrons. The predicted molar refractivity (Wildman–Crippen MR) is 84.4 cm³/mol. The Kier molecular flexibility index (Phi) is 4.35. The molecule has 6 heteroatoms. The number of rotatable bonds is 4. The lowest BCUT2D eigenvalue weighted by atomic mass is 10.1. The van der Waals surface area contributed by atoms with Gasteiger partial charge in [0, 0.05) is 32.6 Å². The number of para-hydroxylation sites is 1. The molecule has 1 fully saturated rings. The highest BCUT2D eigenvalue weighted by molar-refractivity contribution is 5.59. The molecule has 1 aromatic heterocycles. The molecular formula is C16H20N6. The van der Waals surface area contributed by atoms with E-state index < -0.39 is 0 Å². The van der Waals surface area contributed by atoms with E-state index in [2.05, 4.69) is 38.0 Å². The second-order valence-corrected chi connectivity index (χ2v) is 5.44. The van der Waals surface area contributed by atoms with Gasteiger partial charge in [0.2, 0.25) is 0 Å². The molecule has 2 aromatic rings. The van der Waals surface area contributed by atoms with Crippen molar-refractivity contribution in [3.63, 3.8) is 0 Å². The Morgan fingerprint density at radius 3 is 2.68 bits per heavy atom. The Labute approximate surface area is 130 Å². The van der Waals surface area contributed by atoms with Gasteiger partial charge in [-0.15, -0.1) is 0 Å². The first-order valence-electron chi connectivity index (χ1n) is 7.66. The summed E-state index contributed by atoms with van der Waals surface area (Å²) in [6, 6.07) is 10.1. The van der Waals surface area contributed by atoms with Crippen molar-refractivity contribution in [1.29, 1.82) is 5.26 Å². The van der Waals surface area contributed by atoms with Gasteiger partial charge < -0.3 is 4.90 Å². The molecule has 3 rings (SSSR count). The van der Waals surface area contributed by atoms with Crippen molar-refractivity contribution in [3.05, 3.63) is 41.5 Å². The second-order valence-electron chi connectivity index (χ2n) is 5.44. The molecule has 1 saturated heterocycles. The van der Waals surface area contributed by atoms with Crippen LogP contribution in [0.4, 0.5) is 5.69 Å². The van der Waals surface area contributed by atoms with E-state index >= 15 is 0 Å². The summed E-state index contributed by atoms with van der Waals surface area (Å²) >= 11 is 0. The van der Waals surface area contributed by atoms with E-state index in [0.29, 0.717) is 0 Å². The van der Waals surface area contributed by atoms with Crippen LogP contribution in [0.5, 0.6) is 0 Å². The van der Waals surface area contributed by atoms with Gasteiger partial charge in [0.05, 0.1) is 17.8 Å². The predicted octanol–water partition coefficient (Wildman–Crippen LogP) is 1.56. The third-order valence-electron chi connectivity index (χ3n) is 4.01. The molecule has 0 amide bonds. The minimum atomic E-state index is 0.749. The lowest BCUT2D eigenvalue weighted by molar-refractivity contribution is 0.244. The zero-order valence-corrected chi connectivity index (χ0v) is 12.8. The minimum Gasteiger partial charge on any atom is -0.368 e. The molecule has 22 heavy (non-hydrogen) atoms.